The highest BCUT2D eigenvalue weighted by Gasteiger charge is 2.18. The van der Waals surface area contributed by atoms with Crippen molar-refractivity contribution in [3.05, 3.63) is 71.7 Å². The van der Waals surface area contributed by atoms with Crippen molar-refractivity contribution in [3.8, 4) is 5.75 Å². The molecule has 152 valence electrons. The minimum Gasteiger partial charge on any atom is -0.489 e. The monoisotopic (exact) mass is 405 g/mol. The van der Waals surface area contributed by atoms with E-state index in [9.17, 15) is 9.18 Å². The predicted molar refractivity (Wildman–Crippen MR) is 115 cm³/mol. The van der Waals surface area contributed by atoms with Crippen molar-refractivity contribution < 1.29 is 13.9 Å². The molecule has 0 bridgehead atoms. The average Bonchev–Trinajstić information content (AvgIpc) is 3.32. The number of amides is 1. The van der Waals surface area contributed by atoms with Gasteiger partial charge in [0.1, 0.15) is 12.4 Å². The van der Waals surface area contributed by atoms with Gasteiger partial charge in [-0.2, -0.15) is 0 Å². The van der Waals surface area contributed by atoms with Gasteiger partial charge in [-0.25, -0.2) is 4.39 Å². The summed E-state index contributed by atoms with van der Waals surface area (Å²) in [7, 11) is 3.23. The van der Waals surface area contributed by atoms with Crippen molar-refractivity contribution in [1.29, 1.82) is 0 Å². The molecule has 0 saturated heterocycles. The lowest BCUT2D eigenvalue weighted by molar-refractivity contribution is 0.102. The van der Waals surface area contributed by atoms with E-state index in [4.69, 9.17) is 4.74 Å². The van der Waals surface area contributed by atoms with Gasteiger partial charge in [0, 0.05) is 24.1 Å². The number of aromatic nitrogens is 4. The highest BCUT2D eigenvalue weighted by Crippen LogP contribution is 2.28. The predicted octanol–water partition coefficient (Wildman–Crippen LogP) is 2.90. The van der Waals surface area contributed by atoms with Gasteiger partial charge >= 0.3 is 0 Å². The number of rotatable bonds is 6. The van der Waals surface area contributed by atoms with E-state index in [-0.39, 0.29) is 11.6 Å². The molecular formula is C21H21BFN5O2. The van der Waals surface area contributed by atoms with E-state index in [1.165, 1.54) is 19.5 Å². The van der Waals surface area contributed by atoms with Crippen molar-refractivity contribution in [2.24, 2.45) is 7.05 Å². The van der Waals surface area contributed by atoms with Crippen molar-refractivity contribution >= 4 is 30.3 Å². The Bertz CT molecular complexity index is 1190. The third-order valence-corrected chi connectivity index (χ3v) is 4.78. The summed E-state index contributed by atoms with van der Waals surface area (Å²) in [6.07, 6.45) is 3.27. The van der Waals surface area contributed by atoms with E-state index in [2.05, 4.69) is 20.6 Å². The van der Waals surface area contributed by atoms with Crippen LogP contribution in [0.4, 0.5) is 10.1 Å². The number of nitrogens with zero attached hydrogens (tertiary/aromatic N) is 3. The fraction of sp³-hybridized carbons (Fsp3) is 0.190. The first kappa shape index (κ1) is 19.7. The van der Waals surface area contributed by atoms with Crippen molar-refractivity contribution in [2.75, 3.05) is 5.32 Å². The van der Waals surface area contributed by atoms with E-state index in [1.54, 1.807) is 31.6 Å². The highest BCUT2D eigenvalue weighted by molar-refractivity contribution is 6.14. The molecule has 2 aromatic carbocycles. The zero-order chi connectivity index (χ0) is 21.3. The zero-order valence-electron chi connectivity index (χ0n) is 16.9. The Morgan fingerprint density at radius 2 is 2.07 bits per heavy atom. The molecule has 4 rings (SSSR count). The summed E-state index contributed by atoms with van der Waals surface area (Å²) in [6.45, 7) is 1.88. The number of fused-ring (bicyclic) bond motifs is 1. The molecule has 1 amide bonds. The van der Waals surface area contributed by atoms with Crippen LogP contribution < -0.4 is 10.1 Å². The van der Waals surface area contributed by atoms with E-state index in [0.717, 1.165) is 16.5 Å². The first-order chi connectivity index (χ1) is 14.3. The summed E-state index contributed by atoms with van der Waals surface area (Å²) in [5, 5.41) is 11.3. The van der Waals surface area contributed by atoms with E-state index in [0.29, 0.717) is 23.6 Å². The fourth-order valence-electron chi connectivity index (χ4n) is 3.09. The molecule has 0 radical (unpaired) electrons. The van der Waals surface area contributed by atoms with Gasteiger partial charge in [-0.3, -0.25) is 9.48 Å². The molecule has 1 unspecified atom stereocenters. The van der Waals surface area contributed by atoms with Gasteiger partial charge in [0.05, 0.1) is 17.5 Å². The summed E-state index contributed by atoms with van der Waals surface area (Å²) in [6, 6.07) is 12.9. The standard InChI is InChI=1S/C21H21BFN5O2/c1-21(22,23)14-5-3-13(4-6-14)12-30-15-7-8-17-16(9-15)18(10-24-17)25-20(29)19-11-28(2)27-26-19/h3-11,24H,12,22H2,1-2H3,(H,25,29). The molecule has 2 N–H and O–H groups in total. The SMILES string of the molecule is BC(C)(F)c1ccc(COc2ccc3[nH]cc(NC(=O)c4cn(C)nn4)c3c2)cc1. The largest absolute Gasteiger partial charge is 0.489 e. The first-order valence-corrected chi connectivity index (χ1v) is 9.49. The molecule has 1 atom stereocenters. The minimum absolute atomic E-state index is 0.235. The Morgan fingerprint density at radius 3 is 2.73 bits per heavy atom. The van der Waals surface area contributed by atoms with Gasteiger partial charge in [0.2, 0.25) is 0 Å². The molecule has 0 fully saturated rings. The normalized spacial score (nSPS) is 13.2. The first-order valence-electron chi connectivity index (χ1n) is 9.49. The van der Waals surface area contributed by atoms with Crippen LogP contribution in [0.15, 0.2) is 54.9 Å². The summed E-state index contributed by atoms with van der Waals surface area (Å²) in [4.78, 5) is 15.5. The Kier molecular flexibility index (Phi) is 5.03. The number of benzene rings is 2. The number of hydrogen-bond acceptors (Lipinski definition) is 4. The Balaban J connectivity index is 1.48. The van der Waals surface area contributed by atoms with Gasteiger partial charge in [-0.1, -0.05) is 29.5 Å². The number of anilines is 1. The third kappa shape index (κ3) is 4.19. The molecular weight excluding hydrogens is 384 g/mol. The second-order valence-electron chi connectivity index (χ2n) is 7.60. The van der Waals surface area contributed by atoms with Crippen LogP contribution in [0.1, 0.15) is 28.5 Å². The zero-order valence-corrected chi connectivity index (χ0v) is 16.9. The number of carbonyl (C=O) groups is 1. The average molecular weight is 405 g/mol. The van der Waals surface area contributed by atoms with E-state index in [1.807, 2.05) is 30.3 Å². The lowest BCUT2D eigenvalue weighted by atomic mass is 9.79. The molecule has 7 nitrogen and oxygen atoms in total. The van der Waals surface area contributed by atoms with Crippen LogP contribution >= 0.6 is 0 Å². The molecule has 0 spiro atoms. The molecule has 2 heterocycles. The quantitative estimate of drug-likeness (QED) is 0.483. The van der Waals surface area contributed by atoms with Crippen LogP contribution in [0, 0.1) is 0 Å². The molecule has 0 aliphatic carbocycles. The minimum atomic E-state index is -1.37. The molecule has 30 heavy (non-hydrogen) atoms. The molecule has 0 aliphatic rings. The van der Waals surface area contributed by atoms with Gasteiger partial charge in [0.25, 0.3) is 5.91 Å². The summed E-state index contributed by atoms with van der Waals surface area (Å²) in [5.41, 5.74) is 1.92. The Morgan fingerprint density at radius 1 is 1.30 bits per heavy atom. The maximum Gasteiger partial charge on any atom is 0.277 e. The number of aromatic amines is 1. The molecule has 9 heteroatoms. The fourth-order valence-corrected chi connectivity index (χ4v) is 3.09. The van der Waals surface area contributed by atoms with Crippen LogP contribution in [-0.2, 0) is 19.2 Å². The summed E-state index contributed by atoms with van der Waals surface area (Å²) in [5.74, 6) is 0.318. The Labute approximate surface area is 173 Å². The number of alkyl halides is 1. The van der Waals surface area contributed by atoms with Gasteiger partial charge < -0.3 is 15.0 Å². The molecule has 0 aliphatic heterocycles. The van der Waals surface area contributed by atoms with Gasteiger partial charge in [-0.15, -0.1) is 5.10 Å². The van der Waals surface area contributed by atoms with E-state index >= 15 is 0 Å². The highest BCUT2D eigenvalue weighted by atomic mass is 19.1. The van der Waals surface area contributed by atoms with E-state index < -0.39 is 5.57 Å². The number of carbonyl (C=O) groups excluding carboxylic acids is 1. The Hall–Kier alpha value is -3.62. The van der Waals surface area contributed by atoms with Crippen LogP contribution in [0.3, 0.4) is 0 Å². The second-order valence-corrected chi connectivity index (χ2v) is 7.60. The lowest BCUT2D eigenvalue weighted by Crippen LogP contribution is -2.14. The van der Waals surface area contributed by atoms with Crippen LogP contribution in [0.2, 0.25) is 0 Å². The van der Waals surface area contributed by atoms with Crippen molar-refractivity contribution in [3.63, 3.8) is 0 Å². The van der Waals surface area contributed by atoms with Crippen LogP contribution in [-0.4, -0.2) is 33.7 Å². The molecule has 0 saturated carbocycles. The van der Waals surface area contributed by atoms with Gasteiger partial charge in [-0.05, 0) is 36.2 Å². The maximum atomic E-state index is 14.0. The number of halogens is 1. The number of nitrogens with one attached hydrogen (secondary N) is 2. The van der Waals surface area contributed by atoms with Crippen LogP contribution in [0.5, 0.6) is 5.75 Å². The third-order valence-electron chi connectivity index (χ3n) is 4.78. The van der Waals surface area contributed by atoms with Crippen molar-refractivity contribution in [1.82, 2.24) is 20.0 Å². The molecule has 4 aromatic rings. The molecule has 2 aromatic heterocycles. The number of ether oxygens (including phenoxy) is 1. The van der Waals surface area contributed by atoms with Crippen molar-refractivity contribution in [2.45, 2.75) is 19.1 Å². The number of H-pyrrole nitrogens is 1. The number of aryl methyl sites for hydroxylation is 1. The van der Waals surface area contributed by atoms with Gasteiger partial charge in [0.15, 0.2) is 13.5 Å². The summed E-state index contributed by atoms with van der Waals surface area (Å²) >= 11 is 0. The smallest absolute Gasteiger partial charge is 0.277 e. The van der Waals surface area contributed by atoms with Crippen LogP contribution in [0.25, 0.3) is 10.9 Å². The number of hydrogen-bond donors (Lipinski definition) is 2. The summed E-state index contributed by atoms with van der Waals surface area (Å²) < 4.78 is 21.4. The topological polar surface area (TPSA) is 84.8 Å². The lowest BCUT2D eigenvalue weighted by Gasteiger charge is -2.15. The maximum absolute atomic E-state index is 14.0. The second kappa shape index (κ2) is 7.66.